The number of nitrogens with one attached hydrogen (secondary N) is 1. The number of thioether (sulfide) groups is 1. The van der Waals surface area contributed by atoms with Gasteiger partial charge in [-0.25, -0.2) is 4.98 Å². The van der Waals surface area contributed by atoms with Gasteiger partial charge < -0.3 is 9.51 Å². The van der Waals surface area contributed by atoms with Crippen LogP contribution in [0.4, 0.5) is 0 Å². The van der Waals surface area contributed by atoms with Gasteiger partial charge in [0.1, 0.15) is 16.5 Å². The first-order valence-electron chi connectivity index (χ1n) is 6.97. The van der Waals surface area contributed by atoms with E-state index in [0.717, 1.165) is 17.5 Å². The second-order valence-electron chi connectivity index (χ2n) is 5.04. The molecule has 0 radical (unpaired) electrons. The van der Waals surface area contributed by atoms with Crippen molar-refractivity contribution in [3.63, 3.8) is 0 Å². The number of aromatic amines is 1. The highest BCUT2D eigenvalue weighted by Gasteiger charge is 2.24. The smallest absolute Gasteiger partial charge is 0.231 e. The fourth-order valence-electron chi connectivity index (χ4n) is 2.20. The van der Waals surface area contributed by atoms with Crippen LogP contribution in [0.15, 0.2) is 39.9 Å². The largest absolute Gasteiger partial charge is 0.360 e. The second-order valence-corrected chi connectivity index (χ2v) is 6.83. The van der Waals surface area contributed by atoms with E-state index in [1.54, 1.807) is 25.1 Å². The van der Waals surface area contributed by atoms with E-state index in [4.69, 9.17) is 28.3 Å². The summed E-state index contributed by atoms with van der Waals surface area (Å²) in [6.07, 6.45) is 0. The molecule has 5 nitrogen and oxygen atoms in total. The summed E-state index contributed by atoms with van der Waals surface area (Å²) in [5.41, 5.74) is 2.29. The molecule has 8 heteroatoms. The fraction of sp³-hybridized carbons (Fsp3) is 0.125. The van der Waals surface area contributed by atoms with Crippen LogP contribution in [0.5, 0.6) is 0 Å². The molecule has 0 aliphatic carbocycles. The van der Waals surface area contributed by atoms with E-state index in [9.17, 15) is 4.79 Å². The molecule has 24 heavy (non-hydrogen) atoms. The molecule has 0 bridgehead atoms. The Morgan fingerprint density at radius 2 is 2.08 bits per heavy atom. The lowest BCUT2D eigenvalue weighted by Gasteiger charge is -2.04. The van der Waals surface area contributed by atoms with Crippen LogP contribution in [0, 0.1) is 18.6 Å². The molecule has 2 heterocycles. The van der Waals surface area contributed by atoms with Gasteiger partial charge in [0.25, 0.3) is 0 Å². The molecule has 0 aliphatic rings. The van der Waals surface area contributed by atoms with Gasteiger partial charge in [-0.1, -0.05) is 35.0 Å². The van der Waals surface area contributed by atoms with E-state index in [2.05, 4.69) is 15.1 Å². The number of aromatic nitrogens is 3. The molecule has 0 saturated heterocycles. The number of nitrogens with zero attached hydrogens (tertiary/aromatic N) is 2. The molecule has 1 N–H and O–H groups in total. The molecule has 0 unspecified atom stereocenters. The maximum atomic E-state index is 12.8. The molecule has 0 fully saturated rings. The van der Waals surface area contributed by atoms with Crippen LogP contribution >= 0.6 is 35.6 Å². The van der Waals surface area contributed by atoms with E-state index < -0.39 is 0 Å². The predicted molar refractivity (Wildman–Crippen MR) is 96.0 cm³/mol. The minimum absolute atomic E-state index is 0.226. The third kappa shape index (κ3) is 3.43. The van der Waals surface area contributed by atoms with Crippen LogP contribution in [0.25, 0.3) is 11.3 Å². The summed E-state index contributed by atoms with van der Waals surface area (Å²) in [4.78, 5) is 19.8. The topological polar surface area (TPSA) is 71.8 Å². The highest BCUT2D eigenvalue weighted by Crippen LogP contribution is 2.34. The van der Waals surface area contributed by atoms with E-state index in [-0.39, 0.29) is 5.12 Å². The van der Waals surface area contributed by atoms with Gasteiger partial charge in [0.2, 0.25) is 5.12 Å². The Morgan fingerprint density at radius 3 is 2.79 bits per heavy atom. The summed E-state index contributed by atoms with van der Waals surface area (Å²) in [6, 6.07) is 8.93. The average molecular weight is 378 g/mol. The summed E-state index contributed by atoms with van der Waals surface area (Å²) in [6.45, 7) is 3.54. The fourth-order valence-corrected chi connectivity index (χ4v) is 3.65. The number of halogens is 1. The normalized spacial score (nSPS) is 10.8. The Morgan fingerprint density at radius 1 is 1.33 bits per heavy atom. The maximum absolute atomic E-state index is 12.8. The number of carbonyl (C=O) groups excluding carboxylic acids is 1. The number of rotatable bonds is 3. The number of hydrogen-bond donors (Lipinski definition) is 1. The van der Waals surface area contributed by atoms with Gasteiger partial charge >= 0.3 is 0 Å². The number of hydrogen-bond acceptors (Lipinski definition) is 6. The molecular weight excluding hydrogens is 366 g/mol. The Kier molecular flexibility index (Phi) is 4.84. The van der Waals surface area contributed by atoms with Gasteiger partial charge in [0.15, 0.2) is 4.77 Å². The number of carbonyl (C=O) groups is 1. The van der Waals surface area contributed by atoms with E-state index in [0.29, 0.717) is 37.4 Å². The van der Waals surface area contributed by atoms with Crippen molar-refractivity contribution in [2.75, 3.05) is 0 Å². The van der Waals surface area contributed by atoms with Crippen LogP contribution in [-0.2, 0) is 0 Å². The van der Waals surface area contributed by atoms with Crippen molar-refractivity contribution in [1.29, 1.82) is 0 Å². The molecule has 0 saturated carbocycles. The zero-order valence-corrected chi connectivity index (χ0v) is 15.2. The van der Waals surface area contributed by atoms with E-state index in [1.807, 2.05) is 19.1 Å². The van der Waals surface area contributed by atoms with Crippen molar-refractivity contribution in [2.24, 2.45) is 0 Å². The SMILES string of the molecule is Cc1cc(SC(=O)c2c(-c3ccccc3Cl)noc2C)nc(=S)[nH]1. The average Bonchev–Trinajstić information content (AvgIpc) is 2.88. The van der Waals surface area contributed by atoms with Crippen molar-refractivity contribution in [1.82, 2.24) is 15.1 Å². The second kappa shape index (κ2) is 6.88. The predicted octanol–water partition coefficient (Wildman–Crippen LogP) is 5.00. The summed E-state index contributed by atoms with van der Waals surface area (Å²) in [5, 5.41) is 4.80. The lowest BCUT2D eigenvalue weighted by atomic mass is 10.1. The molecule has 0 aliphatic heterocycles. The van der Waals surface area contributed by atoms with Crippen molar-refractivity contribution in [2.45, 2.75) is 18.9 Å². The summed E-state index contributed by atoms with van der Waals surface area (Å²) in [5.74, 6) is 0.431. The van der Waals surface area contributed by atoms with Crippen LogP contribution in [-0.4, -0.2) is 20.2 Å². The molecular formula is C16H12ClN3O2S2. The van der Waals surface area contributed by atoms with Gasteiger partial charge in [0, 0.05) is 11.3 Å². The minimum atomic E-state index is -0.226. The van der Waals surface area contributed by atoms with Crippen molar-refractivity contribution >= 4 is 40.7 Å². The monoisotopic (exact) mass is 377 g/mol. The Hall–Kier alpha value is -1.96. The number of H-pyrrole nitrogens is 1. The van der Waals surface area contributed by atoms with Gasteiger partial charge in [-0.3, -0.25) is 4.79 Å². The first-order chi connectivity index (χ1) is 11.5. The van der Waals surface area contributed by atoms with E-state index in [1.165, 1.54) is 0 Å². The molecule has 122 valence electrons. The van der Waals surface area contributed by atoms with Gasteiger partial charge in [-0.15, -0.1) is 0 Å². The molecule has 0 spiro atoms. The first-order valence-corrected chi connectivity index (χ1v) is 8.57. The van der Waals surface area contributed by atoms with Crippen molar-refractivity contribution < 1.29 is 9.32 Å². The zero-order chi connectivity index (χ0) is 17.3. The molecule has 2 aromatic heterocycles. The lowest BCUT2D eigenvalue weighted by molar-refractivity contribution is 0.108. The minimum Gasteiger partial charge on any atom is -0.360 e. The highest BCUT2D eigenvalue weighted by molar-refractivity contribution is 8.14. The molecule has 3 rings (SSSR count). The Labute approximate surface area is 152 Å². The van der Waals surface area contributed by atoms with Crippen molar-refractivity contribution in [3.8, 4) is 11.3 Å². The highest BCUT2D eigenvalue weighted by atomic mass is 35.5. The Bertz CT molecular complexity index is 981. The van der Waals surface area contributed by atoms with Gasteiger partial charge in [0.05, 0.1) is 10.6 Å². The first kappa shape index (κ1) is 16.9. The lowest BCUT2D eigenvalue weighted by Crippen LogP contribution is -1.99. The van der Waals surface area contributed by atoms with Crippen LogP contribution in [0.3, 0.4) is 0 Å². The standard InChI is InChI=1S/C16H12ClN3O2S2/c1-8-7-12(19-16(23)18-8)24-15(21)13-9(2)22-20-14(13)10-5-3-4-6-11(10)17/h3-7H,1-2H3,(H,18,19,23). The molecule has 0 amide bonds. The zero-order valence-electron chi connectivity index (χ0n) is 12.8. The Balaban J connectivity index is 2.01. The molecule has 0 atom stereocenters. The van der Waals surface area contributed by atoms with Crippen LogP contribution in [0.1, 0.15) is 21.8 Å². The van der Waals surface area contributed by atoms with Gasteiger partial charge in [-0.05, 0) is 50.0 Å². The summed E-state index contributed by atoms with van der Waals surface area (Å²) < 4.78 is 5.55. The third-order valence-corrected chi connectivity index (χ3v) is 4.58. The van der Waals surface area contributed by atoms with E-state index >= 15 is 0 Å². The number of benzene rings is 1. The number of aryl methyl sites for hydroxylation is 2. The van der Waals surface area contributed by atoms with Crippen LogP contribution in [0.2, 0.25) is 5.02 Å². The van der Waals surface area contributed by atoms with Gasteiger partial charge in [-0.2, -0.15) is 0 Å². The summed E-state index contributed by atoms with van der Waals surface area (Å²) >= 11 is 12.2. The third-order valence-electron chi connectivity index (χ3n) is 3.25. The molecule has 3 aromatic rings. The maximum Gasteiger partial charge on any atom is 0.231 e. The van der Waals surface area contributed by atoms with Crippen LogP contribution < -0.4 is 0 Å². The summed E-state index contributed by atoms with van der Waals surface area (Å²) in [7, 11) is 0. The van der Waals surface area contributed by atoms with Crippen molar-refractivity contribution in [3.05, 3.63) is 57.1 Å². The molecule has 1 aromatic carbocycles. The quantitative estimate of drug-likeness (QED) is 0.393.